The third-order valence-corrected chi connectivity index (χ3v) is 3.27. The SMILES string of the molecule is CCN(CC(C)C)C(=O)c1cccc(C=CC(=O)O)c1C. The fourth-order valence-electron chi connectivity index (χ4n) is 2.19. The Kier molecular flexibility index (Phi) is 6.15. The molecule has 0 bridgehead atoms. The van der Waals surface area contributed by atoms with Gasteiger partial charge in [0.05, 0.1) is 0 Å². The van der Waals surface area contributed by atoms with Crippen LogP contribution in [0, 0.1) is 12.8 Å². The Morgan fingerprint density at radius 2 is 2.00 bits per heavy atom. The first-order valence-corrected chi connectivity index (χ1v) is 7.16. The predicted octanol–water partition coefficient (Wildman–Crippen LogP) is 3.21. The van der Waals surface area contributed by atoms with Crippen LogP contribution in [0.5, 0.6) is 0 Å². The molecule has 0 atom stereocenters. The molecule has 1 amide bonds. The van der Waals surface area contributed by atoms with Crippen LogP contribution in [0.4, 0.5) is 0 Å². The van der Waals surface area contributed by atoms with Crippen molar-refractivity contribution < 1.29 is 14.7 Å². The van der Waals surface area contributed by atoms with Crippen molar-refractivity contribution in [3.05, 3.63) is 41.0 Å². The maximum absolute atomic E-state index is 12.6. The highest BCUT2D eigenvalue weighted by atomic mass is 16.4. The number of carboxylic acids is 1. The van der Waals surface area contributed by atoms with Crippen LogP contribution < -0.4 is 0 Å². The lowest BCUT2D eigenvalue weighted by Crippen LogP contribution is -2.34. The largest absolute Gasteiger partial charge is 0.478 e. The van der Waals surface area contributed by atoms with Gasteiger partial charge in [0.1, 0.15) is 0 Å². The molecule has 114 valence electrons. The highest BCUT2D eigenvalue weighted by molar-refractivity contribution is 5.97. The first kappa shape index (κ1) is 17.0. The van der Waals surface area contributed by atoms with Gasteiger partial charge < -0.3 is 10.0 Å². The molecule has 0 saturated carbocycles. The lowest BCUT2D eigenvalue weighted by Gasteiger charge is -2.24. The van der Waals surface area contributed by atoms with E-state index in [4.69, 9.17) is 5.11 Å². The normalized spacial score (nSPS) is 11.1. The zero-order chi connectivity index (χ0) is 16.0. The molecule has 0 fully saturated rings. The summed E-state index contributed by atoms with van der Waals surface area (Å²) in [4.78, 5) is 25.0. The number of rotatable bonds is 6. The van der Waals surface area contributed by atoms with Crippen molar-refractivity contribution >= 4 is 18.0 Å². The zero-order valence-electron chi connectivity index (χ0n) is 13.1. The Balaban J connectivity index is 3.10. The van der Waals surface area contributed by atoms with E-state index in [9.17, 15) is 9.59 Å². The second kappa shape index (κ2) is 7.62. The van der Waals surface area contributed by atoms with Gasteiger partial charge in [0, 0.05) is 24.7 Å². The summed E-state index contributed by atoms with van der Waals surface area (Å²) in [5, 5.41) is 8.71. The quantitative estimate of drug-likeness (QED) is 0.818. The van der Waals surface area contributed by atoms with Crippen molar-refractivity contribution in [1.82, 2.24) is 4.90 Å². The Morgan fingerprint density at radius 1 is 1.33 bits per heavy atom. The molecule has 0 heterocycles. The predicted molar refractivity (Wildman–Crippen MR) is 84.3 cm³/mol. The molecule has 0 aliphatic carbocycles. The van der Waals surface area contributed by atoms with Gasteiger partial charge in [-0.1, -0.05) is 26.0 Å². The topological polar surface area (TPSA) is 57.6 Å². The maximum Gasteiger partial charge on any atom is 0.328 e. The van der Waals surface area contributed by atoms with Gasteiger partial charge in [0.15, 0.2) is 0 Å². The number of amides is 1. The van der Waals surface area contributed by atoms with Crippen molar-refractivity contribution in [2.24, 2.45) is 5.92 Å². The molecule has 4 nitrogen and oxygen atoms in total. The van der Waals surface area contributed by atoms with E-state index in [-0.39, 0.29) is 5.91 Å². The number of hydrogen-bond acceptors (Lipinski definition) is 2. The lowest BCUT2D eigenvalue weighted by molar-refractivity contribution is -0.131. The third kappa shape index (κ3) is 4.74. The van der Waals surface area contributed by atoms with E-state index in [2.05, 4.69) is 13.8 Å². The van der Waals surface area contributed by atoms with Gasteiger partial charge in [-0.3, -0.25) is 4.79 Å². The first-order valence-electron chi connectivity index (χ1n) is 7.16. The molecular formula is C17H23NO3. The fourth-order valence-corrected chi connectivity index (χ4v) is 2.19. The van der Waals surface area contributed by atoms with Crippen LogP contribution in [0.1, 0.15) is 42.3 Å². The van der Waals surface area contributed by atoms with Gasteiger partial charge in [0.25, 0.3) is 5.91 Å². The van der Waals surface area contributed by atoms with Gasteiger partial charge in [-0.05, 0) is 43.0 Å². The summed E-state index contributed by atoms with van der Waals surface area (Å²) in [5.41, 5.74) is 2.19. The number of nitrogens with zero attached hydrogens (tertiary/aromatic N) is 1. The smallest absolute Gasteiger partial charge is 0.328 e. The highest BCUT2D eigenvalue weighted by Gasteiger charge is 2.17. The monoisotopic (exact) mass is 289 g/mol. The molecule has 1 aromatic carbocycles. The number of hydrogen-bond donors (Lipinski definition) is 1. The van der Waals surface area contributed by atoms with Crippen LogP contribution >= 0.6 is 0 Å². The Labute approximate surface area is 126 Å². The van der Waals surface area contributed by atoms with Crippen LogP contribution in [-0.2, 0) is 4.79 Å². The number of benzene rings is 1. The van der Waals surface area contributed by atoms with Crippen molar-refractivity contribution in [1.29, 1.82) is 0 Å². The van der Waals surface area contributed by atoms with Crippen LogP contribution in [0.2, 0.25) is 0 Å². The molecule has 0 aliphatic rings. The lowest BCUT2D eigenvalue weighted by atomic mass is 10.0. The van der Waals surface area contributed by atoms with Crippen LogP contribution in [-0.4, -0.2) is 35.0 Å². The molecule has 4 heteroatoms. The Bertz CT molecular complexity index is 547. The Morgan fingerprint density at radius 3 is 2.52 bits per heavy atom. The van der Waals surface area contributed by atoms with Crippen LogP contribution in [0.25, 0.3) is 6.08 Å². The molecule has 21 heavy (non-hydrogen) atoms. The third-order valence-electron chi connectivity index (χ3n) is 3.27. The second-order valence-corrected chi connectivity index (χ2v) is 5.43. The van der Waals surface area contributed by atoms with Gasteiger partial charge in [0.2, 0.25) is 0 Å². The summed E-state index contributed by atoms with van der Waals surface area (Å²) in [6, 6.07) is 5.38. The van der Waals surface area contributed by atoms with Crippen LogP contribution in [0.3, 0.4) is 0 Å². The minimum atomic E-state index is -0.999. The summed E-state index contributed by atoms with van der Waals surface area (Å²) >= 11 is 0. The van der Waals surface area contributed by atoms with Crippen molar-refractivity contribution in [2.45, 2.75) is 27.7 Å². The second-order valence-electron chi connectivity index (χ2n) is 5.43. The van der Waals surface area contributed by atoms with Gasteiger partial charge in [-0.2, -0.15) is 0 Å². The zero-order valence-corrected chi connectivity index (χ0v) is 13.1. The van der Waals surface area contributed by atoms with E-state index in [1.165, 1.54) is 6.08 Å². The molecule has 1 aromatic rings. The van der Waals surface area contributed by atoms with Crippen molar-refractivity contribution in [3.63, 3.8) is 0 Å². The van der Waals surface area contributed by atoms with Crippen molar-refractivity contribution in [2.75, 3.05) is 13.1 Å². The summed E-state index contributed by atoms with van der Waals surface area (Å²) in [5.74, 6) is -0.598. The molecule has 1 rings (SSSR count). The summed E-state index contributed by atoms with van der Waals surface area (Å²) < 4.78 is 0. The highest BCUT2D eigenvalue weighted by Crippen LogP contribution is 2.18. The molecule has 0 aromatic heterocycles. The van der Waals surface area contributed by atoms with Gasteiger partial charge >= 0.3 is 5.97 Å². The molecule has 1 N–H and O–H groups in total. The molecule has 0 unspecified atom stereocenters. The van der Waals surface area contributed by atoms with Gasteiger partial charge in [-0.25, -0.2) is 4.79 Å². The van der Waals surface area contributed by atoms with E-state index in [1.54, 1.807) is 12.1 Å². The number of carboxylic acid groups (broad SMARTS) is 1. The first-order chi connectivity index (χ1) is 9.86. The summed E-state index contributed by atoms with van der Waals surface area (Å²) in [6.07, 6.45) is 2.61. The average molecular weight is 289 g/mol. The van der Waals surface area contributed by atoms with E-state index in [1.807, 2.05) is 24.8 Å². The average Bonchev–Trinajstić information content (AvgIpc) is 2.42. The minimum absolute atomic E-state index is 0.00530. The van der Waals surface area contributed by atoms with Crippen molar-refractivity contribution in [3.8, 4) is 0 Å². The van der Waals surface area contributed by atoms with E-state index in [0.29, 0.717) is 24.6 Å². The number of carbonyl (C=O) groups is 2. The molecule has 0 aliphatic heterocycles. The molecule has 0 radical (unpaired) electrons. The van der Waals surface area contributed by atoms with E-state index in [0.717, 1.165) is 17.2 Å². The van der Waals surface area contributed by atoms with Crippen LogP contribution in [0.15, 0.2) is 24.3 Å². The Hall–Kier alpha value is -2.10. The number of carbonyl (C=O) groups excluding carboxylic acids is 1. The molecule has 0 saturated heterocycles. The summed E-state index contributed by atoms with van der Waals surface area (Å²) in [7, 11) is 0. The summed E-state index contributed by atoms with van der Waals surface area (Å²) in [6.45, 7) is 9.33. The maximum atomic E-state index is 12.6. The fraction of sp³-hybridized carbons (Fsp3) is 0.412. The number of aliphatic carboxylic acids is 1. The minimum Gasteiger partial charge on any atom is -0.478 e. The standard InChI is InChI=1S/C17H23NO3/c1-5-18(11-12(2)3)17(21)15-8-6-7-14(13(15)4)9-10-16(19)20/h6-10,12H,5,11H2,1-4H3,(H,19,20). The van der Waals surface area contributed by atoms with E-state index < -0.39 is 5.97 Å². The molecule has 0 spiro atoms. The molecular weight excluding hydrogens is 266 g/mol. The van der Waals surface area contributed by atoms with E-state index >= 15 is 0 Å². The van der Waals surface area contributed by atoms with Gasteiger partial charge in [-0.15, -0.1) is 0 Å².